The van der Waals surface area contributed by atoms with Gasteiger partial charge in [0.1, 0.15) is 0 Å². The summed E-state index contributed by atoms with van der Waals surface area (Å²) in [4.78, 5) is 4.28. The molecule has 0 atom stereocenters. The van der Waals surface area contributed by atoms with Crippen molar-refractivity contribution >= 4 is 21.6 Å². The van der Waals surface area contributed by atoms with Crippen molar-refractivity contribution in [2.75, 3.05) is 0 Å². The number of benzene rings is 1. The Bertz CT molecular complexity index is 389. The van der Waals surface area contributed by atoms with Crippen LogP contribution in [0.3, 0.4) is 0 Å². The molecule has 2 heteroatoms. The molecule has 0 amide bonds. The van der Waals surface area contributed by atoms with Gasteiger partial charge < -0.3 is 0 Å². The standard InChI is InChI=1S/C9H9NS/c1-6-3-7(2)9-8(4-6)11-5-10-9/h3-5H,1-2H3. The van der Waals surface area contributed by atoms with Crippen LogP contribution in [0.1, 0.15) is 11.1 Å². The summed E-state index contributed by atoms with van der Waals surface area (Å²) in [6.07, 6.45) is 0. The number of aromatic nitrogens is 1. The van der Waals surface area contributed by atoms with E-state index in [2.05, 4.69) is 31.0 Å². The van der Waals surface area contributed by atoms with Gasteiger partial charge in [-0.3, -0.25) is 0 Å². The van der Waals surface area contributed by atoms with Crippen LogP contribution >= 0.6 is 11.3 Å². The van der Waals surface area contributed by atoms with Crippen LogP contribution in [0.4, 0.5) is 0 Å². The summed E-state index contributed by atoms with van der Waals surface area (Å²) in [6.45, 7) is 4.22. The molecule has 2 rings (SSSR count). The second-order valence-corrected chi connectivity index (χ2v) is 3.67. The first-order chi connectivity index (χ1) is 5.27. The molecule has 2 aromatic rings. The largest absolute Gasteiger partial charge is 0.244 e. The van der Waals surface area contributed by atoms with Crippen LogP contribution < -0.4 is 0 Å². The second kappa shape index (κ2) is 2.31. The van der Waals surface area contributed by atoms with E-state index in [0.717, 1.165) is 5.52 Å². The van der Waals surface area contributed by atoms with Crippen molar-refractivity contribution < 1.29 is 0 Å². The minimum absolute atomic E-state index is 1.15. The SMILES string of the molecule is Cc1cc(C)c2ncsc2c1. The lowest BCUT2D eigenvalue weighted by Crippen LogP contribution is -1.77. The minimum atomic E-state index is 1.15. The van der Waals surface area contributed by atoms with Gasteiger partial charge >= 0.3 is 0 Å². The van der Waals surface area contributed by atoms with E-state index < -0.39 is 0 Å². The lowest BCUT2D eigenvalue weighted by Gasteiger charge is -1.95. The summed E-state index contributed by atoms with van der Waals surface area (Å²) in [5.41, 5.74) is 5.65. The Labute approximate surface area is 69.7 Å². The monoisotopic (exact) mass is 163 g/mol. The van der Waals surface area contributed by atoms with Gasteiger partial charge in [0.15, 0.2) is 0 Å². The molecule has 1 aromatic heterocycles. The summed E-state index contributed by atoms with van der Waals surface area (Å²) in [5, 5.41) is 0. The lowest BCUT2D eigenvalue weighted by atomic mass is 10.1. The number of fused-ring (bicyclic) bond motifs is 1. The van der Waals surface area contributed by atoms with E-state index in [4.69, 9.17) is 0 Å². The number of hydrogen-bond acceptors (Lipinski definition) is 2. The summed E-state index contributed by atoms with van der Waals surface area (Å²) < 4.78 is 1.29. The predicted octanol–water partition coefficient (Wildman–Crippen LogP) is 2.91. The van der Waals surface area contributed by atoms with Gasteiger partial charge in [-0.15, -0.1) is 11.3 Å². The molecule has 0 saturated heterocycles. The summed E-state index contributed by atoms with van der Waals surface area (Å²) in [5.74, 6) is 0. The van der Waals surface area contributed by atoms with E-state index in [1.54, 1.807) is 11.3 Å². The zero-order valence-corrected chi connectivity index (χ0v) is 7.40. The zero-order chi connectivity index (χ0) is 7.84. The van der Waals surface area contributed by atoms with Crippen LogP contribution in [0.2, 0.25) is 0 Å². The van der Waals surface area contributed by atoms with Crippen LogP contribution in [0, 0.1) is 13.8 Å². The highest BCUT2D eigenvalue weighted by atomic mass is 32.1. The first-order valence-electron chi connectivity index (χ1n) is 3.58. The Balaban J connectivity index is 2.91. The first-order valence-corrected chi connectivity index (χ1v) is 4.46. The van der Waals surface area contributed by atoms with Crippen molar-refractivity contribution in [3.63, 3.8) is 0 Å². The van der Waals surface area contributed by atoms with Gasteiger partial charge in [-0.2, -0.15) is 0 Å². The molecule has 0 aliphatic carbocycles. The fourth-order valence-corrected chi connectivity index (χ4v) is 2.16. The van der Waals surface area contributed by atoms with Gasteiger partial charge in [0, 0.05) is 0 Å². The molecule has 0 spiro atoms. The number of hydrogen-bond donors (Lipinski definition) is 0. The third kappa shape index (κ3) is 1.03. The molecule has 0 bridgehead atoms. The summed E-state index contributed by atoms with van der Waals surface area (Å²) in [6, 6.07) is 4.35. The van der Waals surface area contributed by atoms with E-state index in [-0.39, 0.29) is 0 Å². The summed E-state index contributed by atoms with van der Waals surface area (Å²) in [7, 11) is 0. The number of aryl methyl sites for hydroxylation is 2. The predicted molar refractivity (Wildman–Crippen MR) is 49.1 cm³/mol. The maximum Gasteiger partial charge on any atom is 0.0841 e. The van der Waals surface area contributed by atoms with E-state index in [1.165, 1.54) is 15.8 Å². The molecule has 1 heterocycles. The Kier molecular flexibility index (Phi) is 1.43. The normalized spacial score (nSPS) is 10.7. The molecule has 0 unspecified atom stereocenters. The van der Waals surface area contributed by atoms with Crippen LogP contribution in [0.15, 0.2) is 17.6 Å². The van der Waals surface area contributed by atoms with Crippen molar-refractivity contribution in [3.05, 3.63) is 28.8 Å². The Morgan fingerprint density at radius 1 is 1.27 bits per heavy atom. The smallest absolute Gasteiger partial charge is 0.0841 e. The van der Waals surface area contributed by atoms with Gasteiger partial charge in [0.05, 0.1) is 15.7 Å². The lowest BCUT2D eigenvalue weighted by molar-refractivity contribution is 1.38. The van der Waals surface area contributed by atoms with Crippen LogP contribution in [0.5, 0.6) is 0 Å². The van der Waals surface area contributed by atoms with Crippen molar-refractivity contribution in [2.45, 2.75) is 13.8 Å². The van der Waals surface area contributed by atoms with Crippen molar-refractivity contribution in [2.24, 2.45) is 0 Å². The molecule has 0 fully saturated rings. The molecule has 0 saturated carbocycles. The molecule has 0 radical (unpaired) electrons. The van der Waals surface area contributed by atoms with E-state index in [0.29, 0.717) is 0 Å². The third-order valence-electron chi connectivity index (χ3n) is 1.77. The average Bonchev–Trinajstić information content (AvgIpc) is 2.34. The van der Waals surface area contributed by atoms with Gasteiger partial charge in [-0.05, 0) is 31.0 Å². The van der Waals surface area contributed by atoms with Crippen LogP contribution in [-0.2, 0) is 0 Å². The Morgan fingerprint density at radius 3 is 2.91 bits per heavy atom. The first kappa shape index (κ1) is 6.80. The van der Waals surface area contributed by atoms with Crippen LogP contribution in [-0.4, -0.2) is 4.98 Å². The Hall–Kier alpha value is -0.890. The van der Waals surface area contributed by atoms with E-state index >= 15 is 0 Å². The highest BCUT2D eigenvalue weighted by molar-refractivity contribution is 7.16. The van der Waals surface area contributed by atoms with Crippen molar-refractivity contribution in [1.82, 2.24) is 4.98 Å². The highest BCUT2D eigenvalue weighted by Gasteiger charge is 1.99. The van der Waals surface area contributed by atoms with Gasteiger partial charge in [0.2, 0.25) is 0 Å². The molecule has 1 nitrogen and oxygen atoms in total. The molecule has 11 heavy (non-hydrogen) atoms. The molecule has 0 N–H and O–H groups in total. The summed E-state index contributed by atoms with van der Waals surface area (Å²) >= 11 is 1.70. The Morgan fingerprint density at radius 2 is 2.09 bits per heavy atom. The number of nitrogens with zero attached hydrogens (tertiary/aromatic N) is 1. The molecular formula is C9H9NS. The van der Waals surface area contributed by atoms with Crippen LogP contribution in [0.25, 0.3) is 10.2 Å². The minimum Gasteiger partial charge on any atom is -0.244 e. The molecular weight excluding hydrogens is 154 g/mol. The second-order valence-electron chi connectivity index (χ2n) is 2.78. The number of thiazole rings is 1. The fourth-order valence-electron chi connectivity index (χ4n) is 1.31. The molecule has 0 aliphatic rings. The maximum absolute atomic E-state index is 4.28. The van der Waals surface area contributed by atoms with Crippen molar-refractivity contribution in [3.8, 4) is 0 Å². The molecule has 56 valence electrons. The highest BCUT2D eigenvalue weighted by Crippen LogP contribution is 2.22. The van der Waals surface area contributed by atoms with Gasteiger partial charge in [-0.1, -0.05) is 6.07 Å². The zero-order valence-electron chi connectivity index (χ0n) is 6.59. The van der Waals surface area contributed by atoms with Crippen molar-refractivity contribution in [1.29, 1.82) is 0 Å². The van der Waals surface area contributed by atoms with Gasteiger partial charge in [0.25, 0.3) is 0 Å². The third-order valence-corrected chi connectivity index (χ3v) is 2.55. The molecule has 0 aliphatic heterocycles. The average molecular weight is 163 g/mol. The van der Waals surface area contributed by atoms with E-state index in [9.17, 15) is 0 Å². The quantitative estimate of drug-likeness (QED) is 0.582. The van der Waals surface area contributed by atoms with E-state index in [1.807, 2.05) is 5.51 Å². The number of rotatable bonds is 0. The molecule has 1 aromatic carbocycles. The maximum atomic E-state index is 4.28. The van der Waals surface area contributed by atoms with Gasteiger partial charge in [-0.25, -0.2) is 4.98 Å². The fraction of sp³-hybridized carbons (Fsp3) is 0.222. The topological polar surface area (TPSA) is 12.9 Å².